The fourth-order valence-electron chi connectivity index (χ4n) is 7.22. The molecular formula is C24H44O2. The summed E-state index contributed by atoms with van der Waals surface area (Å²) in [4.78, 5) is 13.2. The highest BCUT2D eigenvalue weighted by Crippen LogP contribution is 2.77. The molecule has 0 aromatic carbocycles. The lowest BCUT2D eigenvalue weighted by molar-refractivity contribution is -0.185. The van der Waals surface area contributed by atoms with E-state index < -0.39 is 0 Å². The highest BCUT2D eigenvalue weighted by Gasteiger charge is 2.74. The maximum Gasteiger partial charge on any atom is 0.313 e. The molecule has 4 aliphatic carbocycles. The second-order valence-corrected chi connectivity index (χ2v) is 10.4. The zero-order valence-electron chi connectivity index (χ0n) is 19.1. The first-order valence-corrected chi connectivity index (χ1v) is 11.3. The van der Waals surface area contributed by atoms with Crippen molar-refractivity contribution in [2.24, 2.45) is 46.3 Å². The molecule has 26 heavy (non-hydrogen) atoms. The van der Waals surface area contributed by atoms with Gasteiger partial charge in [0.1, 0.15) is 5.60 Å². The predicted molar refractivity (Wildman–Crippen MR) is 110 cm³/mol. The van der Waals surface area contributed by atoms with Crippen LogP contribution in [0.2, 0.25) is 0 Å². The van der Waals surface area contributed by atoms with Crippen LogP contribution in [0.15, 0.2) is 0 Å². The van der Waals surface area contributed by atoms with Gasteiger partial charge in [-0.3, -0.25) is 4.79 Å². The lowest BCUT2D eigenvalue weighted by Crippen LogP contribution is -2.54. The second kappa shape index (κ2) is 7.13. The van der Waals surface area contributed by atoms with Gasteiger partial charge in [0.2, 0.25) is 0 Å². The van der Waals surface area contributed by atoms with Crippen LogP contribution in [-0.4, -0.2) is 11.6 Å². The van der Waals surface area contributed by atoms with Crippen molar-refractivity contribution in [2.45, 2.75) is 101 Å². The Kier molecular flexibility index (Phi) is 5.97. The van der Waals surface area contributed by atoms with E-state index in [1.807, 2.05) is 48.5 Å². The molecular weight excluding hydrogens is 320 g/mol. The van der Waals surface area contributed by atoms with E-state index in [4.69, 9.17) is 4.74 Å². The van der Waals surface area contributed by atoms with Crippen molar-refractivity contribution in [3.8, 4) is 0 Å². The van der Waals surface area contributed by atoms with E-state index in [-0.39, 0.29) is 22.4 Å². The summed E-state index contributed by atoms with van der Waals surface area (Å²) in [6.45, 7) is 20.9. The molecule has 0 radical (unpaired) electrons. The first-order valence-electron chi connectivity index (χ1n) is 11.3. The largest absolute Gasteiger partial charge is 0.460 e. The van der Waals surface area contributed by atoms with Crippen LogP contribution in [0.5, 0.6) is 0 Å². The topological polar surface area (TPSA) is 26.3 Å². The number of esters is 1. The van der Waals surface area contributed by atoms with Crippen molar-refractivity contribution >= 4 is 5.97 Å². The van der Waals surface area contributed by atoms with Crippen LogP contribution in [0.3, 0.4) is 0 Å². The zero-order chi connectivity index (χ0) is 20.1. The highest BCUT2D eigenvalue weighted by molar-refractivity contribution is 5.79. The molecule has 0 aromatic heterocycles. The fraction of sp³-hybridized carbons (Fsp3) is 0.958. The van der Waals surface area contributed by atoms with Gasteiger partial charge in [-0.05, 0) is 94.3 Å². The van der Waals surface area contributed by atoms with Gasteiger partial charge in [0.25, 0.3) is 0 Å². The Bertz CT molecular complexity index is 515. The zero-order valence-corrected chi connectivity index (χ0v) is 19.1. The number of carbonyl (C=O) groups is 1. The van der Waals surface area contributed by atoms with Crippen LogP contribution < -0.4 is 0 Å². The number of carbonyl (C=O) groups excluding carboxylic acids is 1. The SMILES string of the molecule is CC.CC.CC(C)(C)OC(=O)C1(C)C2CC(C3C4CCC(C4)C32)C1(C)C. The molecule has 4 aliphatic rings. The maximum atomic E-state index is 13.2. The van der Waals surface area contributed by atoms with Crippen molar-refractivity contribution in [1.82, 2.24) is 0 Å². The minimum atomic E-state index is -0.383. The van der Waals surface area contributed by atoms with E-state index in [0.29, 0.717) is 5.92 Å². The normalized spacial score (nSPS) is 43.8. The summed E-state index contributed by atoms with van der Waals surface area (Å²) >= 11 is 0. The van der Waals surface area contributed by atoms with Gasteiger partial charge in [-0.2, -0.15) is 0 Å². The van der Waals surface area contributed by atoms with Crippen LogP contribution in [0, 0.1) is 46.3 Å². The van der Waals surface area contributed by atoms with Gasteiger partial charge in [0.15, 0.2) is 0 Å². The van der Waals surface area contributed by atoms with Gasteiger partial charge in [-0.1, -0.05) is 41.5 Å². The number of fused-ring (bicyclic) bond motifs is 9. The molecule has 0 N–H and O–H groups in total. The van der Waals surface area contributed by atoms with Crippen molar-refractivity contribution in [3.63, 3.8) is 0 Å². The molecule has 4 rings (SSSR count). The first-order chi connectivity index (χ1) is 12.1. The van der Waals surface area contributed by atoms with E-state index in [0.717, 1.165) is 29.6 Å². The molecule has 4 saturated carbocycles. The van der Waals surface area contributed by atoms with Gasteiger partial charge in [0, 0.05) is 0 Å². The summed E-state index contributed by atoms with van der Waals surface area (Å²) in [5.41, 5.74) is -0.603. The number of hydrogen-bond donors (Lipinski definition) is 0. The third kappa shape index (κ3) is 2.85. The third-order valence-electron chi connectivity index (χ3n) is 8.31. The third-order valence-corrected chi connectivity index (χ3v) is 8.31. The van der Waals surface area contributed by atoms with E-state index in [1.165, 1.54) is 25.7 Å². The average Bonchev–Trinajstić information content (AvgIpc) is 3.30. The summed E-state index contributed by atoms with van der Waals surface area (Å²) in [7, 11) is 0. The number of ether oxygens (including phenoxy) is 1. The second-order valence-electron chi connectivity index (χ2n) is 10.4. The number of rotatable bonds is 1. The molecule has 0 saturated heterocycles. The van der Waals surface area contributed by atoms with E-state index in [2.05, 4.69) is 20.8 Å². The van der Waals surface area contributed by atoms with Gasteiger partial charge in [-0.25, -0.2) is 0 Å². The summed E-state index contributed by atoms with van der Waals surface area (Å²) in [5, 5.41) is 0. The minimum Gasteiger partial charge on any atom is -0.460 e. The molecule has 7 atom stereocenters. The monoisotopic (exact) mass is 364 g/mol. The quantitative estimate of drug-likeness (QED) is 0.381. The lowest BCUT2D eigenvalue weighted by Gasteiger charge is -2.53. The van der Waals surface area contributed by atoms with E-state index in [1.54, 1.807) is 0 Å². The van der Waals surface area contributed by atoms with Gasteiger partial charge >= 0.3 is 5.97 Å². The molecule has 7 unspecified atom stereocenters. The summed E-state index contributed by atoms with van der Waals surface area (Å²) in [6.07, 6.45) is 5.59. The van der Waals surface area contributed by atoms with Crippen LogP contribution in [0.25, 0.3) is 0 Å². The first kappa shape index (κ1) is 21.8. The van der Waals surface area contributed by atoms with E-state index in [9.17, 15) is 4.79 Å². The molecule has 152 valence electrons. The molecule has 4 fully saturated rings. The van der Waals surface area contributed by atoms with Gasteiger partial charge in [-0.15, -0.1) is 0 Å². The van der Waals surface area contributed by atoms with Crippen molar-refractivity contribution in [2.75, 3.05) is 0 Å². The molecule has 0 aliphatic heterocycles. The lowest BCUT2D eigenvalue weighted by atomic mass is 9.51. The van der Waals surface area contributed by atoms with Crippen LogP contribution in [-0.2, 0) is 9.53 Å². The Morgan fingerprint density at radius 2 is 1.31 bits per heavy atom. The Morgan fingerprint density at radius 3 is 1.77 bits per heavy atom. The summed E-state index contributed by atoms with van der Waals surface area (Å²) in [5.74, 6) is 4.95. The maximum absolute atomic E-state index is 13.2. The Hall–Kier alpha value is -0.530. The van der Waals surface area contributed by atoms with Crippen molar-refractivity contribution < 1.29 is 9.53 Å². The predicted octanol–water partition coefficient (Wildman–Crippen LogP) is 6.73. The standard InChI is InChI=1S/C20H32O2.2C2H6/c1-18(2,3)22-17(21)20(6)14-10-13(19(20,4)5)15-11-7-8-12(9-11)16(14)15;2*1-2/h11-16H,7-10H2,1-6H3;2*1-2H3. The van der Waals surface area contributed by atoms with E-state index >= 15 is 0 Å². The van der Waals surface area contributed by atoms with Gasteiger partial charge in [0.05, 0.1) is 5.41 Å². The molecule has 0 amide bonds. The summed E-state index contributed by atoms with van der Waals surface area (Å²) in [6, 6.07) is 0. The molecule has 4 bridgehead atoms. The molecule has 0 heterocycles. The fourth-order valence-corrected chi connectivity index (χ4v) is 7.22. The molecule has 0 aromatic rings. The Labute approximate surface area is 162 Å². The molecule has 0 spiro atoms. The Morgan fingerprint density at radius 1 is 0.846 bits per heavy atom. The number of hydrogen-bond acceptors (Lipinski definition) is 2. The smallest absolute Gasteiger partial charge is 0.313 e. The van der Waals surface area contributed by atoms with Gasteiger partial charge < -0.3 is 4.74 Å². The average molecular weight is 365 g/mol. The molecule has 2 nitrogen and oxygen atoms in total. The minimum absolute atomic E-state index is 0.0683. The highest BCUT2D eigenvalue weighted by atomic mass is 16.6. The molecule has 2 heteroatoms. The van der Waals surface area contributed by atoms with Crippen molar-refractivity contribution in [3.05, 3.63) is 0 Å². The van der Waals surface area contributed by atoms with Crippen LogP contribution in [0.4, 0.5) is 0 Å². The van der Waals surface area contributed by atoms with Crippen molar-refractivity contribution in [1.29, 1.82) is 0 Å². The van der Waals surface area contributed by atoms with Crippen LogP contribution in [0.1, 0.15) is 94.9 Å². The van der Waals surface area contributed by atoms with Crippen LogP contribution >= 0.6 is 0 Å². The Balaban J connectivity index is 0.000000570. The summed E-state index contributed by atoms with van der Waals surface area (Å²) < 4.78 is 5.90.